The van der Waals surface area contributed by atoms with Crippen LogP contribution in [0.25, 0.3) is 5.69 Å². The number of carbonyl (C=O) groups is 1. The van der Waals surface area contributed by atoms with E-state index in [2.05, 4.69) is 10.5 Å². The summed E-state index contributed by atoms with van der Waals surface area (Å²) >= 11 is 1.62. The van der Waals surface area contributed by atoms with Crippen LogP contribution in [0.1, 0.15) is 28.6 Å². The standard InChI is InChI=1S/C18H17N3OS/c1-2-16(17-6-5-13-23-17)19-20-18(22)14-7-9-15(10-8-14)21-11-3-4-12-21/h3-13H,2H2,1H3,(H,20,22)/b19-16-. The SMILES string of the molecule is CC/C(=N/NC(=O)c1ccc(-n2cccc2)cc1)c1cccs1. The monoisotopic (exact) mass is 323 g/mol. The third-order valence-electron chi connectivity index (χ3n) is 3.46. The Morgan fingerprint density at radius 1 is 1.13 bits per heavy atom. The molecule has 3 rings (SSSR count). The van der Waals surface area contributed by atoms with Crippen LogP contribution in [-0.2, 0) is 0 Å². The van der Waals surface area contributed by atoms with Crippen LogP contribution in [0.15, 0.2) is 71.4 Å². The lowest BCUT2D eigenvalue weighted by Crippen LogP contribution is -2.19. The molecule has 1 N–H and O–H groups in total. The van der Waals surface area contributed by atoms with Crippen molar-refractivity contribution in [1.29, 1.82) is 0 Å². The Hall–Kier alpha value is -2.66. The van der Waals surface area contributed by atoms with Crippen LogP contribution in [0.2, 0.25) is 0 Å². The maximum absolute atomic E-state index is 12.2. The van der Waals surface area contributed by atoms with Crippen LogP contribution in [0.3, 0.4) is 0 Å². The molecule has 0 aliphatic rings. The molecule has 0 aliphatic carbocycles. The van der Waals surface area contributed by atoms with E-state index < -0.39 is 0 Å². The molecule has 0 saturated carbocycles. The van der Waals surface area contributed by atoms with Gasteiger partial charge < -0.3 is 4.57 Å². The minimum absolute atomic E-state index is 0.202. The molecule has 0 atom stereocenters. The molecule has 5 heteroatoms. The molecule has 116 valence electrons. The first-order valence-corrected chi connectivity index (χ1v) is 8.30. The van der Waals surface area contributed by atoms with E-state index >= 15 is 0 Å². The number of hydrazone groups is 1. The Labute approximate surface area is 139 Å². The molecule has 0 saturated heterocycles. The Balaban J connectivity index is 1.71. The predicted molar refractivity (Wildman–Crippen MR) is 94.4 cm³/mol. The number of benzene rings is 1. The predicted octanol–water partition coefficient (Wildman–Crippen LogP) is 4.08. The van der Waals surface area contributed by atoms with Crippen LogP contribution in [0.4, 0.5) is 0 Å². The van der Waals surface area contributed by atoms with Gasteiger partial charge in [-0.1, -0.05) is 13.0 Å². The molecule has 2 heterocycles. The summed E-state index contributed by atoms with van der Waals surface area (Å²) in [6.07, 6.45) is 4.70. The first kappa shape index (κ1) is 15.2. The summed E-state index contributed by atoms with van der Waals surface area (Å²) in [5.74, 6) is -0.202. The molecule has 0 bridgehead atoms. The smallest absolute Gasteiger partial charge is 0.271 e. The molecule has 4 nitrogen and oxygen atoms in total. The van der Waals surface area contributed by atoms with Crippen molar-refractivity contribution < 1.29 is 4.79 Å². The van der Waals surface area contributed by atoms with Gasteiger partial charge in [0.15, 0.2) is 0 Å². The van der Waals surface area contributed by atoms with Crippen LogP contribution < -0.4 is 5.43 Å². The summed E-state index contributed by atoms with van der Waals surface area (Å²) in [5.41, 5.74) is 5.13. The number of nitrogens with zero attached hydrogens (tertiary/aromatic N) is 2. The lowest BCUT2D eigenvalue weighted by molar-refractivity contribution is 0.0955. The van der Waals surface area contributed by atoms with Gasteiger partial charge in [-0.05, 0) is 54.3 Å². The molecule has 1 aromatic carbocycles. The van der Waals surface area contributed by atoms with Gasteiger partial charge in [0.1, 0.15) is 0 Å². The Bertz CT molecular complexity index is 787. The lowest BCUT2D eigenvalue weighted by atomic mass is 10.2. The van der Waals surface area contributed by atoms with Gasteiger partial charge in [-0.3, -0.25) is 4.79 Å². The normalized spacial score (nSPS) is 11.4. The summed E-state index contributed by atoms with van der Waals surface area (Å²) in [6.45, 7) is 2.02. The highest BCUT2D eigenvalue weighted by molar-refractivity contribution is 7.12. The van der Waals surface area contributed by atoms with Crippen molar-refractivity contribution in [2.24, 2.45) is 5.10 Å². The van der Waals surface area contributed by atoms with Gasteiger partial charge in [0.25, 0.3) is 5.91 Å². The van der Waals surface area contributed by atoms with Crippen LogP contribution >= 0.6 is 11.3 Å². The lowest BCUT2D eigenvalue weighted by Gasteiger charge is -2.05. The van der Waals surface area contributed by atoms with Crippen molar-refractivity contribution in [1.82, 2.24) is 9.99 Å². The van der Waals surface area contributed by atoms with E-state index in [-0.39, 0.29) is 5.91 Å². The fourth-order valence-corrected chi connectivity index (χ4v) is 3.01. The van der Waals surface area contributed by atoms with Gasteiger partial charge in [0, 0.05) is 23.6 Å². The van der Waals surface area contributed by atoms with Crippen molar-refractivity contribution in [2.75, 3.05) is 0 Å². The summed E-state index contributed by atoms with van der Waals surface area (Å²) in [6, 6.07) is 15.3. The summed E-state index contributed by atoms with van der Waals surface area (Å²) < 4.78 is 1.99. The largest absolute Gasteiger partial charge is 0.324 e. The van der Waals surface area contributed by atoms with E-state index in [0.29, 0.717) is 5.56 Å². The van der Waals surface area contributed by atoms with Gasteiger partial charge >= 0.3 is 0 Å². The van der Waals surface area contributed by atoms with Crippen LogP contribution in [0, 0.1) is 0 Å². The van der Waals surface area contributed by atoms with Gasteiger partial charge in [-0.2, -0.15) is 5.10 Å². The fraction of sp³-hybridized carbons (Fsp3) is 0.111. The second-order valence-corrected chi connectivity index (χ2v) is 5.92. The molecule has 0 radical (unpaired) electrons. The van der Waals surface area contributed by atoms with E-state index in [1.165, 1.54) is 0 Å². The maximum atomic E-state index is 12.2. The van der Waals surface area contributed by atoms with E-state index in [1.54, 1.807) is 23.5 Å². The highest BCUT2D eigenvalue weighted by Gasteiger charge is 2.07. The summed E-state index contributed by atoms with van der Waals surface area (Å²) in [4.78, 5) is 13.3. The molecule has 0 aliphatic heterocycles. The van der Waals surface area contributed by atoms with Gasteiger partial charge in [-0.25, -0.2) is 5.43 Å². The topological polar surface area (TPSA) is 46.4 Å². The zero-order chi connectivity index (χ0) is 16.1. The zero-order valence-electron chi connectivity index (χ0n) is 12.8. The second kappa shape index (κ2) is 7.07. The molecule has 23 heavy (non-hydrogen) atoms. The van der Waals surface area contributed by atoms with Gasteiger partial charge in [0.05, 0.1) is 10.6 Å². The van der Waals surface area contributed by atoms with Gasteiger partial charge in [-0.15, -0.1) is 11.3 Å². The van der Waals surface area contributed by atoms with Gasteiger partial charge in [0.2, 0.25) is 0 Å². The first-order chi connectivity index (χ1) is 11.3. The second-order valence-electron chi connectivity index (χ2n) is 4.97. The highest BCUT2D eigenvalue weighted by Crippen LogP contribution is 2.12. The highest BCUT2D eigenvalue weighted by atomic mass is 32.1. The Kier molecular flexibility index (Phi) is 4.68. The molecule has 0 unspecified atom stereocenters. The Morgan fingerprint density at radius 2 is 1.87 bits per heavy atom. The number of carbonyl (C=O) groups excluding carboxylic acids is 1. The third kappa shape index (κ3) is 3.57. The van der Waals surface area contributed by atoms with Crippen molar-refractivity contribution in [2.45, 2.75) is 13.3 Å². The quantitative estimate of drug-likeness (QED) is 0.558. The minimum atomic E-state index is -0.202. The van der Waals surface area contributed by atoms with Crippen LogP contribution in [0.5, 0.6) is 0 Å². The molecule has 0 fully saturated rings. The first-order valence-electron chi connectivity index (χ1n) is 7.42. The summed E-state index contributed by atoms with van der Waals surface area (Å²) in [7, 11) is 0. The average molecular weight is 323 g/mol. The van der Waals surface area contributed by atoms with E-state index in [4.69, 9.17) is 0 Å². The molecule has 3 aromatic rings. The molecule has 2 aromatic heterocycles. The fourth-order valence-electron chi connectivity index (χ4n) is 2.23. The van der Waals surface area contributed by atoms with E-state index in [1.807, 2.05) is 65.7 Å². The summed E-state index contributed by atoms with van der Waals surface area (Å²) in [5, 5.41) is 6.26. The molecular weight excluding hydrogens is 306 g/mol. The number of rotatable bonds is 5. The van der Waals surface area contributed by atoms with Crippen molar-refractivity contribution in [3.8, 4) is 5.69 Å². The van der Waals surface area contributed by atoms with Crippen LogP contribution in [-0.4, -0.2) is 16.2 Å². The number of nitrogens with one attached hydrogen (secondary N) is 1. The number of hydrogen-bond donors (Lipinski definition) is 1. The molecular formula is C18H17N3OS. The minimum Gasteiger partial charge on any atom is -0.324 e. The van der Waals surface area contributed by atoms with Crippen molar-refractivity contribution in [3.63, 3.8) is 0 Å². The van der Waals surface area contributed by atoms with Crippen molar-refractivity contribution >= 4 is 23.0 Å². The molecule has 0 spiro atoms. The van der Waals surface area contributed by atoms with E-state index in [0.717, 1.165) is 22.7 Å². The maximum Gasteiger partial charge on any atom is 0.271 e. The average Bonchev–Trinajstić information content (AvgIpc) is 3.29. The Morgan fingerprint density at radius 3 is 2.48 bits per heavy atom. The third-order valence-corrected chi connectivity index (χ3v) is 4.38. The molecule has 1 amide bonds. The number of hydrogen-bond acceptors (Lipinski definition) is 3. The number of aromatic nitrogens is 1. The van der Waals surface area contributed by atoms with E-state index in [9.17, 15) is 4.79 Å². The number of thiophene rings is 1. The van der Waals surface area contributed by atoms with Crippen molar-refractivity contribution in [3.05, 3.63) is 76.7 Å². The zero-order valence-corrected chi connectivity index (χ0v) is 13.6. The number of amides is 1.